The van der Waals surface area contributed by atoms with Crippen LogP contribution in [-0.4, -0.2) is 43.5 Å². The van der Waals surface area contributed by atoms with E-state index >= 15 is 8.78 Å². The Morgan fingerprint density at radius 3 is 2.42 bits per heavy atom. The fraction of sp³-hybridized carbons (Fsp3) is 0.360. The summed E-state index contributed by atoms with van der Waals surface area (Å²) in [6.45, 7) is 2.93. The van der Waals surface area contributed by atoms with Crippen molar-refractivity contribution in [2.45, 2.75) is 49.3 Å². The number of nitrogens with one attached hydrogen (secondary N) is 1. The Hall–Kier alpha value is -3.30. The van der Waals surface area contributed by atoms with Crippen LogP contribution in [0.15, 0.2) is 46.1 Å². The van der Waals surface area contributed by atoms with Gasteiger partial charge in [0.2, 0.25) is 0 Å². The molecule has 0 bridgehead atoms. The molecule has 0 spiro atoms. The molecule has 2 heterocycles. The second kappa shape index (κ2) is 10.9. The fourth-order valence-electron chi connectivity index (χ4n) is 4.40. The highest BCUT2D eigenvalue weighted by Crippen LogP contribution is 2.43. The number of anilines is 2. The first kappa shape index (κ1) is 28.2. The summed E-state index contributed by atoms with van der Waals surface area (Å²) in [6.07, 6.45) is -2.37. The Labute approximate surface area is 230 Å². The molecule has 40 heavy (non-hydrogen) atoms. The van der Waals surface area contributed by atoms with Gasteiger partial charge >= 0.3 is 22.2 Å². The number of carbonyl (C=O) groups excluding carboxylic acids is 1. The third-order valence-electron chi connectivity index (χ3n) is 6.62. The molecule has 15 heteroatoms. The van der Waals surface area contributed by atoms with E-state index in [0.717, 1.165) is 89.9 Å². The molecule has 1 N–H and O–H groups in total. The van der Waals surface area contributed by atoms with Crippen LogP contribution >= 0.6 is 11.3 Å². The second-order valence-corrected chi connectivity index (χ2v) is 11.9. The molecular formula is C25H23F5N4O4S2. The number of aromatic nitrogens is 1. The van der Waals surface area contributed by atoms with Gasteiger partial charge in [0.1, 0.15) is 11.6 Å². The summed E-state index contributed by atoms with van der Waals surface area (Å²) in [5.41, 5.74) is 4.19. The zero-order valence-corrected chi connectivity index (χ0v) is 22.4. The molecule has 2 aromatic carbocycles. The highest BCUT2D eigenvalue weighted by Gasteiger charge is 2.46. The van der Waals surface area contributed by atoms with E-state index in [0.29, 0.717) is 5.92 Å². The lowest BCUT2D eigenvalue weighted by Gasteiger charge is -2.32. The number of thiazole rings is 1. The minimum Gasteiger partial charge on any atom is -0.381 e. The largest absolute Gasteiger partial charge is 0.493 e. The van der Waals surface area contributed by atoms with Crippen molar-refractivity contribution < 1.29 is 40.0 Å². The Kier molecular flexibility index (Phi) is 7.72. The summed E-state index contributed by atoms with van der Waals surface area (Å²) in [5.74, 6) is -6.48. The summed E-state index contributed by atoms with van der Waals surface area (Å²) < 4.78 is 94.3. The number of carbonyl (C=O) groups is 1. The van der Waals surface area contributed by atoms with Gasteiger partial charge in [-0.25, -0.2) is 18.6 Å². The smallest absolute Gasteiger partial charge is 0.381 e. The lowest BCUT2D eigenvalue weighted by atomic mass is 9.96. The van der Waals surface area contributed by atoms with Gasteiger partial charge in [-0.15, -0.1) is 11.3 Å². The van der Waals surface area contributed by atoms with E-state index < -0.39 is 49.0 Å². The predicted octanol–water partition coefficient (Wildman–Crippen LogP) is 5.33. The van der Waals surface area contributed by atoms with Gasteiger partial charge in [0.05, 0.1) is 5.51 Å². The first-order valence-corrected chi connectivity index (χ1v) is 14.6. The van der Waals surface area contributed by atoms with Gasteiger partial charge in [0.15, 0.2) is 10.7 Å². The minimum atomic E-state index is -5.58. The molecule has 1 aliphatic heterocycles. The number of sulfonamides is 1. The maximum atomic E-state index is 15.2. The molecule has 3 aromatic rings. The summed E-state index contributed by atoms with van der Waals surface area (Å²) in [5, 5.41) is 3.88. The van der Waals surface area contributed by atoms with Gasteiger partial charge < -0.3 is 10.2 Å². The number of likely N-dealkylation sites (tertiary alicyclic amines) is 1. The average molecular weight is 603 g/mol. The zero-order valence-electron chi connectivity index (χ0n) is 20.7. The van der Waals surface area contributed by atoms with Crippen molar-refractivity contribution in [2.75, 3.05) is 22.9 Å². The summed E-state index contributed by atoms with van der Waals surface area (Å²) >= 11 is 0.756. The number of rotatable bonds is 10. The molecular weight excluding hydrogens is 579 g/mol. The molecule has 0 unspecified atom stereocenters. The first-order chi connectivity index (χ1) is 18.9. The molecule has 1 aromatic heterocycles. The van der Waals surface area contributed by atoms with Crippen LogP contribution in [0.4, 0.5) is 33.5 Å². The van der Waals surface area contributed by atoms with E-state index in [2.05, 4.69) is 20.0 Å². The molecule has 8 nitrogen and oxygen atoms in total. The number of nitrogens with zero attached hydrogens (tertiary/aromatic N) is 3. The van der Waals surface area contributed by atoms with Crippen molar-refractivity contribution in [1.29, 1.82) is 0 Å². The maximum Gasteiger partial charge on any atom is 0.493 e. The van der Waals surface area contributed by atoms with Gasteiger partial charge in [-0.05, 0) is 67.1 Å². The Morgan fingerprint density at radius 2 is 1.88 bits per heavy atom. The van der Waals surface area contributed by atoms with Crippen LogP contribution in [0.5, 0.6) is 0 Å². The third-order valence-corrected chi connectivity index (χ3v) is 8.79. The van der Waals surface area contributed by atoms with E-state index in [1.165, 1.54) is 0 Å². The van der Waals surface area contributed by atoms with Crippen LogP contribution in [0, 0.1) is 11.6 Å². The van der Waals surface area contributed by atoms with Crippen LogP contribution in [0.1, 0.15) is 41.9 Å². The average Bonchev–Trinajstić information content (AvgIpc) is 3.56. The van der Waals surface area contributed by atoms with Gasteiger partial charge in [0, 0.05) is 24.2 Å². The highest BCUT2D eigenvalue weighted by atomic mass is 32.2. The number of benzene rings is 2. The summed E-state index contributed by atoms with van der Waals surface area (Å²) in [6, 6.07) is 7.46. The first-order valence-electron chi connectivity index (χ1n) is 12.2. The number of hydrogen-bond acceptors (Lipinski definition) is 8. The Morgan fingerprint density at radius 1 is 1.18 bits per heavy atom. The summed E-state index contributed by atoms with van der Waals surface area (Å²) in [7, 11) is -5.50. The molecule has 0 amide bonds. The number of hydrogen-bond donors (Lipinski definition) is 1. The third kappa shape index (κ3) is 5.90. The second-order valence-electron chi connectivity index (χ2n) is 9.47. The van der Waals surface area contributed by atoms with E-state index in [9.17, 15) is 26.4 Å². The van der Waals surface area contributed by atoms with Crippen LogP contribution in [-0.2, 0) is 32.7 Å². The van der Waals surface area contributed by atoms with Crippen molar-refractivity contribution in [1.82, 2.24) is 9.88 Å². The quantitative estimate of drug-likeness (QED) is 0.248. The SMILES string of the molecule is O=C(ON(c1cscn1)S(=O)(=O)c1c(F)cc(NCc2c(CN3CCC3)cccc2C2CC2)cc1F)C(F)(F)F. The summed E-state index contributed by atoms with van der Waals surface area (Å²) in [4.78, 5) is 19.6. The van der Waals surface area contributed by atoms with Crippen LogP contribution in [0.3, 0.4) is 0 Å². The molecule has 214 valence electrons. The monoisotopic (exact) mass is 602 g/mol. The van der Waals surface area contributed by atoms with E-state index in [1.807, 2.05) is 18.2 Å². The van der Waals surface area contributed by atoms with Crippen molar-refractivity contribution in [3.8, 4) is 0 Å². The molecule has 5 rings (SSSR count). The lowest BCUT2D eigenvalue weighted by molar-refractivity contribution is -0.199. The van der Waals surface area contributed by atoms with Gasteiger partial charge in [-0.2, -0.15) is 21.6 Å². The number of alkyl halides is 3. The fourth-order valence-corrected chi connectivity index (χ4v) is 6.26. The van der Waals surface area contributed by atoms with E-state index in [4.69, 9.17) is 0 Å². The number of halogens is 5. The normalized spacial score (nSPS) is 15.9. The van der Waals surface area contributed by atoms with Crippen LogP contribution in [0.25, 0.3) is 0 Å². The molecule has 1 saturated carbocycles. The molecule has 1 aliphatic carbocycles. The van der Waals surface area contributed by atoms with Crippen LogP contribution < -0.4 is 9.79 Å². The molecule has 2 aliphatic rings. The molecule has 2 fully saturated rings. The Bertz CT molecular complexity index is 1480. The van der Waals surface area contributed by atoms with Gasteiger partial charge in [0.25, 0.3) is 0 Å². The van der Waals surface area contributed by atoms with Crippen molar-refractivity contribution in [3.05, 3.63) is 69.5 Å². The predicted molar refractivity (Wildman–Crippen MR) is 136 cm³/mol. The van der Waals surface area contributed by atoms with E-state index in [1.54, 1.807) is 0 Å². The topological polar surface area (TPSA) is 91.8 Å². The highest BCUT2D eigenvalue weighted by molar-refractivity contribution is 7.92. The van der Waals surface area contributed by atoms with Gasteiger partial charge in [-0.1, -0.05) is 22.7 Å². The van der Waals surface area contributed by atoms with Crippen molar-refractivity contribution in [2.24, 2.45) is 0 Å². The van der Waals surface area contributed by atoms with Crippen molar-refractivity contribution in [3.63, 3.8) is 0 Å². The molecule has 0 atom stereocenters. The van der Waals surface area contributed by atoms with Crippen molar-refractivity contribution >= 4 is 38.8 Å². The standard InChI is InChI=1S/C25H23F5N4O4S2/c26-20-9-17(31-11-19-16(12-33-7-2-8-33)3-1-4-18(19)15-5-6-15)10-21(27)23(20)40(36,37)34(22-13-39-14-32-22)38-24(35)25(28,29)30/h1,3-4,9-10,13-15,31H,2,5-8,11-12H2. The maximum absolute atomic E-state index is 15.2. The zero-order chi connectivity index (χ0) is 28.7. The van der Waals surface area contributed by atoms with Gasteiger partial charge in [-0.3, -0.25) is 4.90 Å². The lowest BCUT2D eigenvalue weighted by Crippen LogP contribution is -2.39. The molecule has 1 saturated heterocycles. The Balaban J connectivity index is 1.42. The van der Waals surface area contributed by atoms with E-state index in [-0.39, 0.29) is 12.2 Å². The molecule has 0 radical (unpaired) electrons. The van der Waals surface area contributed by atoms with Crippen LogP contribution in [0.2, 0.25) is 0 Å². The minimum absolute atomic E-state index is 0.0815.